The zero-order valence-electron chi connectivity index (χ0n) is 15.6. The fourth-order valence-corrected chi connectivity index (χ4v) is 2.31. The van der Waals surface area contributed by atoms with Gasteiger partial charge in [-0.15, -0.1) is 0 Å². The number of anilines is 1. The maximum atomic E-state index is 12.5. The minimum Gasteiger partial charge on any atom is -0.465 e. The third-order valence-corrected chi connectivity index (χ3v) is 3.80. The monoisotopic (exact) mass is 369 g/mol. The summed E-state index contributed by atoms with van der Waals surface area (Å²) in [4.78, 5) is 40.2. The Balaban J connectivity index is 2.07. The molecule has 0 radical (unpaired) electrons. The number of carbonyl (C=O) groups is 3. The second kappa shape index (κ2) is 9.47. The highest BCUT2D eigenvalue weighted by molar-refractivity contribution is 6.06. The molecule has 1 aromatic heterocycles. The zero-order chi connectivity index (χ0) is 19.8. The lowest BCUT2D eigenvalue weighted by Crippen LogP contribution is -2.26. The molecule has 7 nitrogen and oxygen atoms in total. The van der Waals surface area contributed by atoms with Crippen molar-refractivity contribution in [3.05, 3.63) is 59.4 Å². The number of nitrogens with zero attached hydrogens (tertiary/aromatic N) is 1. The summed E-state index contributed by atoms with van der Waals surface area (Å²) >= 11 is 0. The number of methoxy groups -OCH3 is 1. The van der Waals surface area contributed by atoms with Gasteiger partial charge in [0.25, 0.3) is 11.8 Å². The molecule has 0 aliphatic carbocycles. The molecule has 0 atom stereocenters. The van der Waals surface area contributed by atoms with E-state index >= 15 is 0 Å². The summed E-state index contributed by atoms with van der Waals surface area (Å²) in [6.45, 7) is 4.70. The number of nitrogens with one attached hydrogen (secondary N) is 2. The first-order valence-electron chi connectivity index (χ1n) is 8.64. The van der Waals surface area contributed by atoms with Crippen LogP contribution in [0.1, 0.15) is 51.5 Å². The largest absolute Gasteiger partial charge is 0.465 e. The molecule has 7 heteroatoms. The van der Waals surface area contributed by atoms with E-state index in [-0.39, 0.29) is 11.6 Å². The van der Waals surface area contributed by atoms with Crippen LogP contribution in [0, 0.1) is 5.92 Å². The Labute approximate surface area is 158 Å². The molecule has 27 heavy (non-hydrogen) atoms. The Morgan fingerprint density at radius 2 is 1.85 bits per heavy atom. The van der Waals surface area contributed by atoms with Crippen LogP contribution in [0.2, 0.25) is 0 Å². The molecule has 2 aromatic rings. The van der Waals surface area contributed by atoms with Crippen molar-refractivity contribution in [3.63, 3.8) is 0 Å². The van der Waals surface area contributed by atoms with Gasteiger partial charge in [-0.25, -0.2) is 4.79 Å². The summed E-state index contributed by atoms with van der Waals surface area (Å²) in [6, 6.07) is 9.36. The van der Waals surface area contributed by atoms with E-state index < -0.39 is 11.9 Å². The molecule has 0 spiro atoms. The van der Waals surface area contributed by atoms with Crippen molar-refractivity contribution in [2.75, 3.05) is 19.0 Å². The second-order valence-electron chi connectivity index (χ2n) is 6.39. The van der Waals surface area contributed by atoms with Crippen LogP contribution in [0.5, 0.6) is 0 Å². The van der Waals surface area contributed by atoms with E-state index in [1.165, 1.54) is 31.5 Å². The van der Waals surface area contributed by atoms with E-state index in [9.17, 15) is 14.4 Å². The molecule has 0 bridgehead atoms. The topological polar surface area (TPSA) is 97.4 Å². The molecule has 1 aromatic carbocycles. The predicted molar refractivity (Wildman–Crippen MR) is 102 cm³/mol. The first-order chi connectivity index (χ1) is 12.9. The van der Waals surface area contributed by atoms with Crippen molar-refractivity contribution >= 4 is 23.5 Å². The molecule has 0 aliphatic heterocycles. The average Bonchev–Trinajstić information content (AvgIpc) is 2.67. The normalized spacial score (nSPS) is 10.4. The number of aromatic nitrogens is 1. The van der Waals surface area contributed by atoms with E-state index in [0.717, 1.165) is 6.42 Å². The van der Waals surface area contributed by atoms with Crippen LogP contribution < -0.4 is 10.6 Å². The van der Waals surface area contributed by atoms with Gasteiger partial charge < -0.3 is 15.4 Å². The number of hydrogen-bond donors (Lipinski definition) is 2. The number of amides is 2. The minimum atomic E-state index is -0.490. The Hall–Kier alpha value is -3.22. The number of ether oxygens (including phenoxy) is 1. The molecular weight excluding hydrogens is 346 g/mol. The lowest BCUT2D eigenvalue weighted by Gasteiger charge is -2.09. The maximum absolute atomic E-state index is 12.5. The van der Waals surface area contributed by atoms with Crippen LogP contribution in [-0.4, -0.2) is 36.4 Å². The molecular formula is C20H23N3O4. The van der Waals surface area contributed by atoms with Gasteiger partial charge in [0.1, 0.15) is 5.69 Å². The molecule has 0 saturated carbocycles. The number of carbonyl (C=O) groups excluding carboxylic acids is 3. The third kappa shape index (κ3) is 5.91. The van der Waals surface area contributed by atoms with Crippen molar-refractivity contribution in [1.82, 2.24) is 10.3 Å². The molecule has 0 aliphatic rings. The first kappa shape index (κ1) is 20.1. The maximum Gasteiger partial charge on any atom is 0.337 e. The van der Waals surface area contributed by atoms with Crippen molar-refractivity contribution in [3.8, 4) is 0 Å². The van der Waals surface area contributed by atoms with E-state index in [1.807, 2.05) is 0 Å². The molecule has 1 heterocycles. The average molecular weight is 369 g/mol. The lowest BCUT2D eigenvalue weighted by atomic mass is 10.1. The molecule has 2 rings (SSSR count). The van der Waals surface area contributed by atoms with Gasteiger partial charge in [-0.1, -0.05) is 19.9 Å². The van der Waals surface area contributed by atoms with Gasteiger partial charge >= 0.3 is 5.97 Å². The predicted octanol–water partition coefficient (Wildman–Crippen LogP) is 2.90. The second-order valence-corrected chi connectivity index (χ2v) is 6.39. The van der Waals surface area contributed by atoms with Crippen molar-refractivity contribution in [2.45, 2.75) is 20.3 Å². The zero-order valence-corrected chi connectivity index (χ0v) is 15.6. The summed E-state index contributed by atoms with van der Waals surface area (Å²) in [5.74, 6) is -0.736. The number of pyridine rings is 1. The van der Waals surface area contributed by atoms with Crippen LogP contribution >= 0.6 is 0 Å². The Bertz CT molecular complexity index is 833. The van der Waals surface area contributed by atoms with Gasteiger partial charge in [0.05, 0.1) is 12.7 Å². The first-order valence-corrected chi connectivity index (χ1v) is 8.64. The SMILES string of the molecule is COC(=O)c1cccc(NC(=O)c2ccnc(C(=O)NCCC(C)C)c2)c1. The number of esters is 1. The summed E-state index contributed by atoms with van der Waals surface area (Å²) < 4.78 is 4.67. The van der Waals surface area contributed by atoms with Crippen LogP contribution in [0.25, 0.3) is 0 Å². The molecule has 0 unspecified atom stereocenters. The van der Waals surface area contributed by atoms with Crippen molar-refractivity contribution < 1.29 is 19.1 Å². The standard InChI is InChI=1S/C20H23N3O4/c1-13(2)7-9-22-19(25)17-12-14(8-10-21-17)18(24)23-16-6-4-5-15(11-16)20(26)27-3/h4-6,8,10-13H,7,9H2,1-3H3,(H,22,25)(H,23,24). The van der Waals surface area contributed by atoms with Crippen molar-refractivity contribution in [2.24, 2.45) is 5.92 Å². The lowest BCUT2D eigenvalue weighted by molar-refractivity contribution is 0.0600. The summed E-state index contributed by atoms with van der Waals surface area (Å²) in [6.07, 6.45) is 2.28. The fourth-order valence-electron chi connectivity index (χ4n) is 2.31. The van der Waals surface area contributed by atoms with E-state index in [2.05, 4.69) is 34.2 Å². The van der Waals surface area contributed by atoms with Gasteiger partial charge in [0.2, 0.25) is 0 Å². The number of benzene rings is 1. The number of rotatable bonds is 7. The summed E-state index contributed by atoms with van der Waals surface area (Å²) in [5.41, 5.74) is 1.25. The highest BCUT2D eigenvalue weighted by Gasteiger charge is 2.13. The van der Waals surface area contributed by atoms with Gasteiger partial charge in [-0.3, -0.25) is 14.6 Å². The Kier molecular flexibility index (Phi) is 7.05. The quantitative estimate of drug-likeness (QED) is 0.732. The third-order valence-electron chi connectivity index (χ3n) is 3.80. The highest BCUT2D eigenvalue weighted by atomic mass is 16.5. The fraction of sp³-hybridized carbons (Fsp3) is 0.300. The summed E-state index contributed by atoms with van der Waals surface area (Å²) in [5, 5.41) is 5.48. The minimum absolute atomic E-state index is 0.176. The van der Waals surface area contributed by atoms with Gasteiger partial charge in [0.15, 0.2) is 0 Å². The van der Waals surface area contributed by atoms with Crippen LogP contribution in [0.15, 0.2) is 42.6 Å². The van der Waals surface area contributed by atoms with Crippen LogP contribution in [0.3, 0.4) is 0 Å². The summed E-state index contributed by atoms with van der Waals surface area (Å²) in [7, 11) is 1.29. The van der Waals surface area contributed by atoms with Gasteiger partial charge in [-0.2, -0.15) is 0 Å². The van der Waals surface area contributed by atoms with Gasteiger partial charge in [-0.05, 0) is 42.7 Å². The van der Waals surface area contributed by atoms with E-state index in [4.69, 9.17) is 0 Å². The van der Waals surface area contributed by atoms with Gasteiger partial charge in [0, 0.05) is 24.0 Å². The molecule has 0 saturated heterocycles. The number of hydrogen-bond acceptors (Lipinski definition) is 5. The Morgan fingerprint density at radius 1 is 1.07 bits per heavy atom. The Morgan fingerprint density at radius 3 is 2.56 bits per heavy atom. The van der Waals surface area contributed by atoms with E-state index in [0.29, 0.717) is 29.3 Å². The molecule has 0 fully saturated rings. The molecule has 142 valence electrons. The van der Waals surface area contributed by atoms with E-state index in [1.54, 1.807) is 18.2 Å². The van der Waals surface area contributed by atoms with Crippen LogP contribution in [0.4, 0.5) is 5.69 Å². The smallest absolute Gasteiger partial charge is 0.337 e. The highest BCUT2D eigenvalue weighted by Crippen LogP contribution is 2.13. The molecule has 2 amide bonds. The van der Waals surface area contributed by atoms with Crippen molar-refractivity contribution in [1.29, 1.82) is 0 Å². The molecule has 2 N–H and O–H groups in total. The van der Waals surface area contributed by atoms with Crippen LogP contribution in [-0.2, 0) is 4.74 Å².